The molecule has 0 fully saturated rings. The van der Waals surface area contributed by atoms with Gasteiger partial charge in [-0.3, -0.25) is 10.1 Å². The summed E-state index contributed by atoms with van der Waals surface area (Å²) in [7, 11) is 0. The number of rotatable bonds is 5. The van der Waals surface area contributed by atoms with Crippen molar-refractivity contribution in [1.82, 2.24) is 5.32 Å². The standard InChI is InChI=1S/C15H15NO7/c1-2-20-15(19)16-13(17)8-21-14(18)6-4-10-3-5-11-12(7-10)23-9-22-11/h3-7H,2,8-9H2,1H3,(H,16,17,19). The number of ether oxygens (including phenoxy) is 4. The molecule has 0 aliphatic carbocycles. The van der Waals surface area contributed by atoms with Crippen molar-refractivity contribution in [3.63, 3.8) is 0 Å². The second-order valence-corrected chi connectivity index (χ2v) is 4.32. The summed E-state index contributed by atoms with van der Waals surface area (Å²) in [6.07, 6.45) is 1.78. The lowest BCUT2D eigenvalue weighted by atomic mass is 10.2. The first-order valence-electron chi connectivity index (χ1n) is 6.79. The topological polar surface area (TPSA) is 100 Å². The first-order valence-corrected chi connectivity index (χ1v) is 6.79. The number of hydrogen-bond donors (Lipinski definition) is 1. The Morgan fingerprint density at radius 2 is 2.00 bits per heavy atom. The van der Waals surface area contributed by atoms with Gasteiger partial charge < -0.3 is 18.9 Å². The van der Waals surface area contributed by atoms with Crippen LogP contribution in [0.15, 0.2) is 24.3 Å². The van der Waals surface area contributed by atoms with Crippen LogP contribution in [0.2, 0.25) is 0 Å². The fourth-order valence-corrected chi connectivity index (χ4v) is 1.68. The van der Waals surface area contributed by atoms with Gasteiger partial charge in [0.2, 0.25) is 6.79 Å². The molecule has 8 nitrogen and oxygen atoms in total. The summed E-state index contributed by atoms with van der Waals surface area (Å²) < 4.78 is 19.6. The van der Waals surface area contributed by atoms with E-state index in [2.05, 4.69) is 4.74 Å². The van der Waals surface area contributed by atoms with Crippen LogP contribution in [-0.4, -0.2) is 38.0 Å². The highest BCUT2D eigenvalue weighted by molar-refractivity contribution is 5.94. The third kappa shape index (κ3) is 5.03. The zero-order chi connectivity index (χ0) is 16.7. The summed E-state index contributed by atoms with van der Waals surface area (Å²) in [5, 5.41) is 1.91. The number of benzene rings is 1. The van der Waals surface area contributed by atoms with Gasteiger partial charge in [0, 0.05) is 6.08 Å². The minimum Gasteiger partial charge on any atom is -0.454 e. The van der Waals surface area contributed by atoms with E-state index in [1.165, 1.54) is 6.08 Å². The van der Waals surface area contributed by atoms with E-state index in [-0.39, 0.29) is 13.4 Å². The maximum absolute atomic E-state index is 11.5. The predicted molar refractivity (Wildman–Crippen MR) is 77.7 cm³/mol. The molecular formula is C15H15NO7. The molecule has 8 heteroatoms. The van der Waals surface area contributed by atoms with E-state index in [9.17, 15) is 14.4 Å². The first kappa shape index (κ1) is 16.3. The van der Waals surface area contributed by atoms with Crippen LogP contribution in [0.25, 0.3) is 6.08 Å². The van der Waals surface area contributed by atoms with Gasteiger partial charge in [-0.05, 0) is 30.7 Å². The molecule has 0 saturated carbocycles. The van der Waals surface area contributed by atoms with Crippen molar-refractivity contribution in [2.75, 3.05) is 20.0 Å². The molecule has 0 radical (unpaired) electrons. The van der Waals surface area contributed by atoms with Crippen LogP contribution >= 0.6 is 0 Å². The minimum absolute atomic E-state index is 0.136. The maximum atomic E-state index is 11.5. The van der Waals surface area contributed by atoms with Crippen molar-refractivity contribution in [3.8, 4) is 11.5 Å². The number of alkyl carbamates (subject to hydrolysis) is 1. The number of imide groups is 1. The lowest BCUT2D eigenvalue weighted by Gasteiger charge is -2.04. The summed E-state index contributed by atoms with van der Waals surface area (Å²) >= 11 is 0. The molecule has 2 amide bonds. The van der Waals surface area contributed by atoms with E-state index < -0.39 is 24.6 Å². The van der Waals surface area contributed by atoms with Crippen LogP contribution in [0.5, 0.6) is 11.5 Å². The molecule has 0 saturated heterocycles. The van der Waals surface area contributed by atoms with Crippen molar-refractivity contribution in [2.45, 2.75) is 6.92 Å². The average Bonchev–Trinajstić information content (AvgIpc) is 2.98. The van der Waals surface area contributed by atoms with E-state index in [1.807, 2.05) is 5.32 Å². The Morgan fingerprint density at radius 3 is 2.78 bits per heavy atom. The van der Waals surface area contributed by atoms with Gasteiger partial charge in [-0.15, -0.1) is 0 Å². The van der Waals surface area contributed by atoms with Gasteiger partial charge in [-0.25, -0.2) is 9.59 Å². The van der Waals surface area contributed by atoms with Gasteiger partial charge in [-0.1, -0.05) is 6.07 Å². The molecule has 122 valence electrons. The smallest absolute Gasteiger partial charge is 0.413 e. The summed E-state index contributed by atoms with van der Waals surface area (Å²) in [6.45, 7) is 1.32. The monoisotopic (exact) mass is 321 g/mol. The van der Waals surface area contributed by atoms with Gasteiger partial charge in [0.1, 0.15) is 0 Å². The van der Waals surface area contributed by atoms with E-state index in [0.29, 0.717) is 17.1 Å². The third-order valence-electron chi connectivity index (χ3n) is 2.67. The van der Waals surface area contributed by atoms with Crippen molar-refractivity contribution in [3.05, 3.63) is 29.8 Å². The Morgan fingerprint density at radius 1 is 1.22 bits per heavy atom. The number of nitrogens with one attached hydrogen (secondary N) is 1. The predicted octanol–water partition coefficient (Wildman–Crippen LogP) is 1.24. The highest BCUT2D eigenvalue weighted by Gasteiger charge is 2.13. The summed E-state index contributed by atoms with van der Waals surface area (Å²) in [5.74, 6) is -0.260. The largest absolute Gasteiger partial charge is 0.454 e. The molecule has 1 aromatic carbocycles. The second-order valence-electron chi connectivity index (χ2n) is 4.32. The van der Waals surface area contributed by atoms with Crippen LogP contribution in [0.1, 0.15) is 12.5 Å². The Labute approximate surface area is 132 Å². The minimum atomic E-state index is -0.885. The number of fused-ring (bicyclic) bond motifs is 1. The molecule has 1 aliphatic rings. The summed E-state index contributed by atoms with van der Waals surface area (Å²) in [6, 6.07) is 5.17. The van der Waals surface area contributed by atoms with Crippen molar-refractivity contribution in [2.24, 2.45) is 0 Å². The zero-order valence-corrected chi connectivity index (χ0v) is 12.4. The normalized spacial score (nSPS) is 12.0. The molecule has 0 spiro atoms. The second kappa shape index (κ2) is 7.83. The molecule has 1 N–H and O–H groups in total. The summed E-state index contributed by atoms with van der Waals surface area (Å²) in [4.78, 5) is 33.8. The number of carbonyl (C=O) groups is 3. The molecule has 1 aliphatic heterocycles. The Kier molecular flexibility index (Phi) is 5.56. The Balaban J connectivity index is 1.78. The van der Waals surface area contributed by atoms with Crippen molar-refractivity contribution in [1.29, 1.82) is 0 Å². The average molecular weight is 321 g/mol. The Bertz CT molecular complexity index is 639. The van der Waals surface area contributed by atoms with Crippen LogP contribution in [0.4, 0.5) is 4.79 Å². The van der Waals surface area contributed by atoms with Gasteiger partial charge in [0.05, 0.1) is 6.61 Å². The van der Waals surface area contributed by atoms with Crippen molar-refractivity contribution < 1.29 is 33.3 Å². The van der Waals surface area contributed by atoms with Gasteiger partial charge in [0.25, 0.3) is 5.91 Å². The quantitative estimate of drug-likeness (QED) is 0.643. The van der Waals surface area contributed by atoms with E-state index in [0.717, 1.165) is 6.08 Å². The molecule has 1 heterocycles. The molecule has 0 unspecified atom stereocenters. The lowest BCUT2D eigenvalue weighted by Crippen LogP contribution is -2.34. The third-order valence-corrected chi connectivity index (χ3v) is 2.67. The highest BCUT2D eigenvalue weighted by Crippen LogP contribution is 2.32. The van der Waals surface area contributed by atoms with Gasteiger partial charge in [-0.2, -0.15) is 0 Å². The first-order chi connectivity index (χ1) is 11.1. The number of hydrogen-bond acceptors (Lipinski definition) is 7. The SMILES string of the molecule is CCOC(=O)NC(=O)COC(=O)C=Cc1ccc2c(c1)OCO2. The lowest BCUT2D eigenvalue weighted by molar-refractivity contribution is -0.143. The van der Waals surface area contributed by atoms with E-state index >= 15 is 0 Å². The molecule has 1 aromatic rings. The molecule has 0 atom stereocenters. The fraction of sp³-hybridized carbons (Fsp3) is 0.267. The maximum Gasteiger partial charge on any atom is 0.413 e. The molecule has 0 bridgehead atoms. The van der Waals surface area contributed by atoms with Gasteiger partial charge in [0.15, 0.2) is 18.1 Å². The van der Waals surface area contributed by atoms with Crippen LogP contribution in [-0.2, 0) is 19.1 Å². The fourth-order valence-electron chi connectivity index (χ4n) is 1.68. The number of carbonyl (C=O) groups excluding carboxylic acids is 3. The molecule has 2 rings (SSSR count). The number of amides is 2. The zero-order valence-electron chi connectivity index (χ0n) is 12.4. The number of esters is 1. The summed E-state index contributed by atoms with van der Waals surface area (Å²) in [5.41, 5.74) is 0.710. The van der Waals surface area contributed by atoms with Crippen LogP contribution in [0, 0.1) is 0 Å². The van der Waals surface area contributed by atoms with E-state index in [1.54, 1.807) is 25.1 Å². The van der Waals surface area contributed by atoms with Gasteiger partial charge >= 0.3 is 12.1 Å². The van der Waals surface area contributed by atoms with E-state index in [4.69, 9.17) is 14.2 Å². The molecule has 23 heavy (non-hydrogen) atoms. The Hall–Kier alpha value is -3.03. The molecule has 0 aromatic heterocycles. The van der Waals surface area contributed by atoms with Crippen molar-refractivity contribution >= 4 is 24.0 Å². The molecular weight excluding hydrogens is 306 g/mol. The van der Waals surface area contributed by atoms with Crippen LogP contribution in [0.3, 0.4) is 0 Å². The van der Waals surface area contributed by atoms with Crippen LogP contribution < -0.4 is 14.8 Å². The highest BCUT2D eigenvalue weighted by atomic mass is 16.7.